The molecule has 0 unspecified atom stereocenters. The minimum Gasteiger partial charge on any atom is -0.462 e. The minimum atomic E-state index is -0.322. The molecule has 3 rings (SSSR count). The first kappa shape index (κ1) is 12.7. The summed E-state index contributed by atoms with van der Waals surface area (Å²) in [7, 11) is 0. The van der Waals surface area contributed by atoms with E-state index < -0.39 is 0 Å². The second kappa shape index (κ2) is 5.79. The van der Waals surface area contributed by atoms with Gasteiger partial charge in [-0.25, -0.2) is 4.79 Å². The van der Waals surface area contributed by atoms with E-state index in [4.69, 9.17) is 4.74 Å². The first-order valence-electron chi connectivity index (χ1n) is 6.27. The average molecular weight is 284 g/mol. The van der Waals surface area contributed by atoms with Gasteiger partial charge in [0.15, 0.2) is 0 Å². The molecule has 0 saturated heterocycles. The van der Waals surface area contributed by atoms with E-state index in [1.807, 2.05) is 36.4 Å². The zero-order valence-corrected chi connectivity index (χ0v) is 11.5. The molecule has 0 fully saturated rings. The van der Waals surface area contributed by atoms with Crippen LogP contribution < -0.4 is 0 Å². The van der Waals surface area contributed by atoms with Gasteiger partial charge < -0.3 is 4.74 Å². The Morgan fingerprint density at radius 3 is 2.80 bits per heavy atom. The van der Waals surface area contributed by atoms with Crippen molar-refractivity contribution in [1.29, 1.82) is 0 Å². The van der Waals surface area contributed by atoms with Crippen molar-refractivity contribution in [3.63, 3.8) is 0 Å². The van der Waals surface area contributed by atoms with Gasteiger partial charge in [-0.2, -0.15) is 0 Å². The molecule has 1 aromatic heterocycles. The van der Waals surface area contributed by atoms with Crippen LogP contribution in [0.1, 0.15) is 15.9 Å². The normalized spacial score (nSPS) is 10.6. The third-order valence-electron chi connectivity index (χ3n) is 2.96. The summed E-state index contributed by atoms with van der Waals surface area (Å²) in [5.74, 6) is -0.322. The van der Waals surface area contributed by atoms with E-state index >= 15 is 0 Å². The first-order valence-corrected chi connectivity index (χ1v) is 7.04. The Morgan fingerprint density at radius 2 is 1.95 bits per heavy atom. The third-order valence-corrected chi connectivity index (χ3v) is 3.74. The van der Waals surface area contributed by atoms with Crippen LogP contribution in [-0.2, 0) is 11.2 Å². The molecular weight excluding hydrogens is 272 g/mol. The standard InChI is InChI=1S/C15H12N2O2S/c18-15(19-10-9-11-5-2-1-3-6-11)12-7-4-8-13-14(12)20-17-16-13/h1-8H,9-10H2. The van der Waals surface area contributed by atoms with Crippen LogP contribution in [0.25, 0.3) is 10.2 Å². The topological polar surface area (TPSA) is 52.1 Å². The van der Waals surface area contributed by atoms with Crippen LogP contribution in [-0.4, -0.2) is 22.2 Å². The van der Waals surface area contributed by atoms with Gasteiger partial charge >= 0.3 is 5.97 Å². The van der Waals surface area contributed by atoms with Crippen LogP contribution in [0.15, 0.2) is 48.5 Å². The summed E-state index contributed by atoms with van der Waals surface area (Å²) in [6.07, 6.45) is 0.712. The van der Waals surface area contributed by atoms with E-state index in [-0.39, 0.29) is 5.97 Å². The van der Waals surface area contributed by atoms with Gasteiger partial charge in [-0.15, -0.1) is 5.10 Å². The fourth-order valence-corrected chi connectivity index (χ4v) is 2.61. The summed E-state index contributed by atoms with van der Waals surface area (Å²) < 4.78 is 9.95. The molecule has 1 heterocycles. The van der Waals surface area contributed by atoms with Gasteiger partial charge in [0.2, 0.25) is 0 Å². The predicted octanol–water partition coefficient (Wildman–Crippen LogP) is 3.09. The lowest BCUT2D eigenvalue weighted by Crippen LogP contribution is -2.08. The van der Waals surface area contributed by atoms with Crippen molar-refractivity contribution in [1.82, 2.24) is 9.59 Å². The molecule has 0 atom stereocenters. The molecule has 20 heavy (non-hydrogen) atoms. The van der Waals surface area contributed by atoms with Gasteiger partial charge in [-0.3, -0.25) is 0 Å². The molecule has 3 aromatic rings. The fraction of sp³-hybridized carbons (Fsp3) is 0.133. The molecule has 0 aliphatic carbocycles. The van der Waals surface area contributed by atoms with E-state index in [0.29, 0.717) is 18.6 Å². The monoisotopic (exact) mass is 284 g/mol. The van der Waals surface area contributed by atoms with Crippen LogP contribution >= 0.6 is 11.5 Å². The average Bonchev–Trinajstić information content (AvgIpc) is 2.96. The number of hydrogen-bond donors (Lipinski definition) is 0. The van der Waals surface area contributed by atoms with Crippen molar-refractivity contribution in [2.45, 2.75) is 6.42 Å². The lowest BCUT2D eigenvalue weighted by Gasteiger charge is -2.05. The van der Waals surface area contributed by atoms with Crippen LogP contribution in [0.5, 0.6) is 0 Å². The number of esters is 1. The Bertz CT molecular complexity index is 725. The van der Waals surface area contributed by atoms with E-state index in [1.54, 1.807) is 12.1 Å². The second-order valence-electron chi connectivity index (χ2n) is 4.30. The van der Waals surface area contributed by atoms with Gasteiger partial charge in [0.1, 0.15) is 5.52 Å². The second-order valence-corrected chi connectivity index (χ2v) is 5.05. The Kier molecular flexibility index (Phi) is 3.69. The van der Waals surface area contributed by atoms with Crippen molar-refractivity contribution in [3.05, 3.63) is 59.7 Å². The summed E-state index contributed by atoms with van der Waals surface area (Å²) >= 11 is 1.21. The van der Waals surface area contributed by atoms with E-state index in [1.165, 1.54) is 11.5 Å². The van der Waals surface area contributed by atoms with Gasteiger partial charge in [0.05, 0.1) is 16.9 Å². The third kappa shape index (κ3) is 2.67. The number of fused-ring (bicyclic) bond motifs is 1. The maximum absolute atomic E-state index is 12.1. The zero-order valence-electron chi connectivity index (χ0n) is 10.7. The minimum absolute atomic E-state index is 0.322. The number of hydrogen-bond acceptors (Lipinski definition) is 5. The van der Waals surface area contributed by atoms with Crippen molar-refractivity contribution in [2.24, 2.45) is 0 Å². The smallest absolute Gasteiger partial charge is 0.339 e. The highest BCUT2D eigenvalue weighted by molar-refractivity contribution is 7.13. The van der Waals surface area contributed by atoms with Gasteiger partial charge in [-0.05, 0) is 29.2 Å². The maximum Gasteiger partial charge on any atom is 0.339 e. The van der Waals surface area contributed by atoms with Crippen LogP contribution in [0, 0.1) is 0 Å². The summed E-state index contributed by atoms with van der Waals surface area (Å²) in [4.78, 5) is 12.1. The van der Waals surface area contributed by atoms with Crippen molar-refractivity contribution in [2.75, 3.05) is 6.61 Å². The summed E-state index contributed by atoms with van der Waals surface area (Å²) in [6.45, 7) is 0.367. The lowest BCUT2D eigenvalue weighted by atomic mass is 10.2. The molecule has 0 aliphatic heterocycles. The quantitative estimate of drug-likeness (QED) is 0.691. The number of benzene rings is 2. The molecular formula is C15H12N2O2S. The van der Waals surface area contributed by atoms with Crippen molar-refractivity contribution < 1.29 is 9.53 Å². The molecule has 0 bridgehead atoms. The molecule has 2 aromatic carbocycles. The highest BCUT2D eigenvalue weighted by Crippen LogP contribution is 2.21. The van der Waals surface area contributed by atoms with Gasteiger partial charge in [0, 0.05) is 6.42 Å². The molecule has 100 valence electrons. The number of carbonyl (C=O) groups excluding carboxylic acids is 1. The van der Waals surface area contributed by atoms with Crippen LogP contribution in [0.4, 0.5) is 0 Å². The number of aromatic nitrogens is 2. The summed E-state index contributed by atoms with van der Waals surface area (Å²) in [5.41, 5.74) is 2.41. The highest BCUT2D eigenvalue weighted by atomic mass is 32.1. The summed E-state index contributed by atoms with van der Waals surface area (Å²) in [5, 5.41) is 3.95. The largest absolute Gasteiger partial charge is 0.462 e. The predicted molar refractivity (Wildman–Crippen MR) is 77.8 cm³/mol. The Hall–Kier alpha value is -2.27. The number of carbonyl (C=O) groups is 1. The van der Waals surface area contributed by atoms with Crippen molar-refractivity contribution in [3.8, 4) is 0 Å². The van der Waals surface area contributed by atoms with Crippen LogP contribution in [0.2, 0.25) is 0 Å². The van der Waals surface area contributed by atoms with E-state index in [2.05, 4.69) is 9.59 Å². The molecule has 0 N–H and O–H groups in total. The number of rotatable bonds is 4. The molecule has 4 nitrogen and oxygen atoms in total. The van der Waals surface area contributed by atoms with Crippen molar-refractivity contribution >= 4 is 27.7 Å². The molecule has 0 radical (unpaired) electrons. The molecule has 0 amide bonds. The number of nitrogens with zero attached hydrogens (tertiary/aromatic N) is 2. The van der Waals surface area contributed by atoms with E-state index in [0.717, 1.165) is 15.8 Å². The maximum atomic E-state index is 12.1. The van der Waals surface area contributed by atoms with E-state index in [9.17, 15) is 4.79 Å². The summed E-state index contributed by atoms with van der Waals surface area (Å²) in [6, 6.07) is 15.3. The highest BCUT2D eigenvalue weighted by Gasteiger charge is 2.13. The molecule has 0 aliphatic rings. The van der Waals surface area contributed by atoms with Crippen LogP contribution in [0.3, 0.4) is 0 Å². The molecule has 5 heteroatoms. The Balaban J connectivity index is 1.66. The first-order chi connectivity index (χ1) is 9.84. The Morgan fingerprint density at radius 1 is 1.10 bits per heavy atom. The lowest BCUT2D eigenvalue weighted by molar-refractivity contribution is 0.0512. The number of ether oxygens (including phenoxy) is 1. The Labute approximate surface area is 120 Å². The molecule has 0 spiro atoms. The fourth-order valence-electron chi connectivity index (χ4n) is 1.95. The SMILES string of the molecule is O=C(OCCc1ccccc1)c1cccc2nnsc12. The van der Waals surface area contributed by atoms with Gasteiger partial charge in [0.25, 0.3) is 0 Å². The zero-order chi connectivity index (χ0) is 13.8. The van der Waals surface area contributed by atoms with Gasteiger partial charge in [-0.1, -0.05) is 40.9 Å². The molecule has 0 saturated carbocycles.